The molecular weight excluding hydrogens is 304 g/mol. The molecule has 22 heavy (non-hydrogen) atoms. The lowest BCUT2D eigenvalue weighted by atomic mass is 10.0. The van der Waals surface area contributed by atoms with E-state index in [-0.39, 0.29) is 0 Å². The van der Waals surface area contributed by atoms with E-state index in [1.807, 2.05) is 12.1 Å². The average Bonchev–Trinajstić information content (AvgIpc) is 2.48. The number of aliphatic carboxylic acids is 1. The van der Waals surface area contributed by atoms with Crippen LogP contribution in [0, 0.1) is 0 Å². The number of carboxylic acids is 1. The van der Waals surface area contributed by atoms with Crippen LogP contribution in [0.25, 0.3) is 0 Å². The molecule has 1 aromatic carbocycles. The van der Waals surface area contributed by atoms with E-state index in [0.717, 1.165) is 5.56 Å². The van der Waals surface area contributed by atoms with Crippen molar-refractivity contribution in [1.82, 2.24) is 9.88 Å². The van der Waals surface area contributed by atoms with Crippen molar-refractivity contribution in [1.29, 1.82) is 0 Å². The van der Waals surface area contributed by atoms with Crippen LogP contribution in [0.3, 0.4) is 0 Å². The molecule has 1 heterocycles. The predicted molar refractivity (Wildman–Crippen MR) is 84.1 cm³/mol. The quantitative estimate of drug-likeness (QED) is 0.886. The number of aromatic nitrogens is 1. The van der Waals surface area contributed by atoms with Crippen LogP contribution in [0.1, 0.15) is 17.2 Å². The first-order valence-corrected chi connectivity index (χ1v) is 7.06. The van der Waals surface area contributed by atoms with Gasteiger partial charge in [0.1, 0.15) is 11.8 Å². The van der Waals surface area contributed by atoms with Gasteiger partial charge >= 0.3 is 5.97 Å². The second kappa shape index (κ2) is 7.24. The molecule has 116 valence electrons. The average molecular weight is 321 g/mol. The van der Waals surface area contributed by atoms with Gasteiger partial charge < -0.3 is 9.84 Å². The van der Waals surface area contributed by atoms with Gasteiger partial charge in [0.2, 0.25) is 0 Å². The second-order valence-electron chi connectivity index (χ2n) is 4.90. The molecular formula is C16H17ClN2O3. The maximum absolute atomic E-state index is 11.8. The lowest BCUT2D eigenvalue weighted by Gasteiger charge is -2.26. The van der Waals surface area contributed by atoms with Crippen LogP contribution < -0.4 is 4.74 Å². The molecule has 0 amide bonds. The summed E-state index contributed by atoms with van der Waals surface area (Å²) in [5.41, 5.74) is 1.45. The Kier molecular flexibility index (Phi) is 5.35. The van der Waals surface area contributed by atoms with Crippen LogP contribution in [-0.2, 0) is 11.3 Å². The molecule has 1 N–H and O–H groups in total. The zero-order valence-electron chi connectivity index (χ0n) is 12.4. The number of hydrogen-bond acceptors (Lipinski definition) is 4. The summed E-state index contributed by atoms with van der Waals surface area (Å²) in [6, 6.07) is 7.82. The van der Waals surface area contributed by atoms with E-state index in [1.54, 1.807) is 42.5 Å². The number of pyridine rings is 1. The Labute approximate surface area is 134 Å². The molecule has 0 aliphatic rings. The SMILES string of the molecule is COc1ccc(Cl)cc1C(C(=O)O)N(C)Cc1cccnc1. The van der Waals surface area contributed by atoms with Gasteiger partial charge in [0.05, 0.1) is 7.11 Å². The van der Waals surface area contributed by atoms with Gasteiger partial charge in [-0.3, -0.25) is 14.7 Å². The Bertz CT molecular complexity index is 649. The normalized spacial score (nSPS) is 12.2. The molecule has 0 fully saturated rings. The fourth-order valence-electron chi connectivity index (χ4n) is 2.35. The van der Waals surface area contributed by atoms with E-state index >= 15 is 0 Å². The van der Waals surface area contributed by atoms with Gasteiger partial charge in [0.25, 0.3) is 0 Å². The Morgan fingerprint density at radius 3 is 2.82 bits per heavy atom. The molecule has 0 bridgehead atoms. The summed E-state index contributed by atoms with van der Waals surface area (Å²) < 4.78 is 5.27. The van der Waals surface area contributed by atoms with E-state index < -0.39 is 12.0 Å². The maximum atomic E-state index is 11.8. The van der Waals surface area contributed by atoms with E-state index in [2.05, 4.69) is 4.98 Å². The molecule has 5 nitrogen and oxygen atoms in total. The van der Waals surface area contributed by atoms with Crippen molar-refractivity contribution < 1.29 is 14.6 Å². The highest BCUT2D eigenvalue weighted by molar-refractivity contribution is 6.30. The summed E-state index contributed by atoms with van der Waals surface area (Å²) in [6.45, 7) is 0.445. The third-order valence-electron chi connectivity index (χ3n) is 3.32. The molecule has 6 heteroatoms. The van der Waals surface area contributed by atoms with Crippen LogP contribution >= 0.6 is 11.6 Å². The Balaban J connectivity index is 2.34. The van der Waals surface area contributed by atoms with Crippen molar-refractivity contribution in [2.24, 2.45) is 0 Å². The number of rotatable bonds is 6. The number of likely N-dealkylation sites (N-methyl/N-ethyl adjacent to an activating group) is 1. The molecule has 2 aromatic rings. The van der Waals surface area contributed by atoms with Gasteiger partial charge in [0.15, 0.2) is 0 Å². The smallest absolute Gasteiger partial charge is 0.325 e. The van der Waals surface area contributed by atoms with E-state index in [4.69, 9.17) is 16.3 Å². The molecule has 0 aliphatic carbocycles. The first-order chi connectivity index (χ1) is 10.5. The standard InChI is InChI=1S/C16H17ClN2O3/c1-19(10-11-4-3-7-18-9-11)15(16(20)21)13-8-12(17)5-6-14(13)22-2/h3-9,15H,10H2,1-2H3,(H,20,21). The minimum atomic E-state index is -0.966. The highest BCUT2D eigenvalue weighted by atomic mass is 35.5. The third-order valence-corrected chi connectivity index (χ3v) is 3.55. The van der Waals surface area contributed by atoms with Crippen molar-refractivity contribution >= 4 is 17.6 Å². The number of halogens is 1. The lowest BCUT2D eigenvalue weighted by molar-refractivity contribution is -0.143. The molecule has 0 radical (unpaired) electrons. The number of carboxylic acid groups (broad SMARTS) is 1. The first kappa shape index (κ1) is 16.3. The van der Waals surface area contributed by atoms with Gasteiger partial charge in [-0.2, -0.15) is 0 Å². The summed E-state index contributed by atoms with van der Waals surface area (Å²) in [6.07, 6.45) is 3.39. The Hall–Kier alpha value is -2.11. The third kappa shape index (κ3) is 3.75. The summed E-state index contributed by atoms with van der Waals surface area (Å²) in [5, 5.41) is 10.1. The van der Waals surface area contributed by atoms with E-state index in [9.17, 15) is 9.90 Å². The van der Waals surface area contributed by atoms with Crippen molar-refractivity contribution in [3.8, 4) is 5.75 Å². The van der Waals surface area contributed by atoms with Gasteiger partial charge in [-0.25, -0.2) is 0 Å². The lowest BCUT2D eigenvalue weighted by Crippen LogP contribution is -2.30. The van der Waals surface area contributed by atoms with Crippen LogP contribution in [0.5, 0.6) is 5.75 Å². The summed E-state index contributed by atoms with van der Waals surface area (Å²) >= 11 is 6.01. The molecule has 1 atom stereocenters. The van der Waals surface area contributed by atoms with Crippen LogP contribution in [0.4, 0.5) is 0 Å². The highest BCUT2D eigenvalue weighted by Crippen LogP contribution is 2.32. The number of methoxy groups -OCH3 is 1. The summed E-state index contributed by atoms with van der Waals surface area (Å²) in [4.78, 5) is 17.5. The highest BCUT2D eigenvalue weighted by Gasteiger charge is 2.28. The first-order valence-electron chi connectivity index (χ1n) is 6.68. The monoisotopic (exact) mass is 320 g/mol. The Morgan fingerprint density at radius 1 is 1.45 bits per heavy atom. The largest absolute Gasteiger partial charge is 0.496 e. The maximum Gasteiger partial charge on any atom is 0.325 e. The van der Waals surface area contributed by atoms with E-state index in [1.165, 1.54) is 7.11 Å². The minimum Gasteiger partial charge on any atom is -0.496 e. The number of carbonyl (C=O) groups is 1. The van der Waals surface area contributed by atoms with Gasteiger partial charge in [-0.1, -0.05) is 17.7 Å². The van der Waals surface area contributed by atoms with Crippen LogP contribution in [0.15, 0.2) is 42.7 Å². The summed E-state index contributed by atoms with van der Waals surface area (Å²) in [7, 11) is 3.25. The molecule has 0 spiro atoms. The fraction of sp³-hybridized carbons (Fsp3) is 0.250. The zero-order valence-corrected chi connectivity index (χ0v) is 13.1. The van der Waals surface area contributed by atoms with Crippen molar-refractivity contribution in [3.05, 3.63) is 58.9 Å². The zero-order chi connectivity index (χ0) is 16.1. The fourth-order valence-corrected chi connectivity index (χ4v) is 2.53. The molecule has 2 rings (SSSR count). The second-order valence-corrected chi connectivity index (χ2v) is 5.34. The predicted octanol–water partition coefficient (Wildman–Crippen LogP) is 3.00. The molecule has 1 aromatic heterocycles. The van der Waals surface area contributed by atoms with Gasteiger partial charge in [-0.05, 0) is 36.9 Å². The summed E-state index contributed by atoms with van der Waals surface area (Å²) in [5.74, 6) is -0.471. The molecule has 1 unspecified atom stereocenters. The van der Waals surface area contributed by atoms with Crippen LogP contribution in [0.2, 0.25) is 5.02 Å². The molecule has 0 saturated carbocycles. The number of hydrogen-bond donors (Lipinski definition) is 1. The van der Waals surface area contributed by atoms with Crippen LogP contribution in [-0.4, -0.2) is 35.1 Å². The molecule has 0 aliphatic heterocycles. The number of ether oxygens (including phenoxy) is 1. The molecule has 0 saturated heterocycles. The van der Waals surface area contributed by atoms with Crippen molar-refractivity contribution in [2.45, 2.75) is 12.6 Å². The number of benzene rings is 1. The van der Waals surface area contributed by atoms with Gasteiger partial charge in [0, 0.05) is 29.5 Å². The van der Waals surface area contributed by atoms with Crippen molar-refractivity contribution in [2.75, 3.05) is 14.2 Å². The minimum absolute atomic E-state index is 0.445. The topological polar surface area (TPSA) is 62.7 Å². The van der Waals surface area contributed by atoms with Crippen molar-refractivity contribution in [3.63, 3.8) is 0 Å². The Morgan fingerprint density at radius 2 is 2.23 bits per heavy atom. The van der Waals surface area contributed by atoms with E-state index in [0.29, 0.717) is 22.9 Å². The van der Waals surface area contributed by atoms with Gasteiger partial charge in [-0.15, -0.1) is 0 Å². The number of nitrogens with zero attached hydrogens (tertiary/aromatic N) is 2.